The molecular formula is C8H13N3O4S. The third-order valence-corrected chi connectivity index (χ3v) is 2.54. The van der Waals surface area contributed by atoms with Crippen molar-refractivity contribution in [1.82, 2.24) is 10.6 Å². The maximum absolute atomic E-state index is 11.0. The lowest BCUT2D eigenvalue weighted by Gasteiger charge is -2.03. The molecule has 0 unspecified atom stereocenters. The molecule has 0 atom stereocenters. The van der Waals surface area contributed by atoms with Gasteiger partial charge in [0.05, 0.1) is 11.8 Å². The van der Waals surface area contributed by atoms with Crippen molar-refractivity contribution in [3.05, 3.63) is 0 Å². The lowest BCUT2D eigenvalue weighted by atomic mass is 10.4. The molecule has 0 heterocycles. The summed E-state index contributed by atoms with van der Waals surface area (Å²) in [5.74, 6) is -1.82. The molecular weight excluding hydrogens is 234 g/mol. The first-order valence-corrected chi connectivity index (χ1v) is 6.53. The third-order valence-electron chi connectivity index (χ3n) is 1.51. The first-order valence-electron chi connectivity index (χ1n) is 4.47. The predicted octanol–water partition coefficient (Wildman–Crippen LogP) is -1.82. The summed E-state index contributed by atoms with van der Waals surface area (Å²) in [6.45, 7) is -0.137. The van der Waals surface area contributed by atoms with Crippen molar-refractivity contribution in [2.75, 3.05) is 25.1 Å². The maximum Gasteiger partial charge on any atom is 0.310 e. The highest BCUT2D eigenvalue weighted by molar-refractivity contribution is 7.90. The second-order valence-electron chi connectivity index (χ2n) is 3.08. The van der Waals surface area contributed by atoms with Crippen molar-refractivity contribution < 1.29 is 18.0 Å². The van der Waals surface area contributed by atoms with Crippen LogP contribution < -0.4 is 10.6 Å². The molecule has 0 aromatic rings. The summed E-state index contributed by atoms with van der Waals surface area (Å²) in [5, 5.41) is 12.4. The number of nitriles is 1. The zero-order chi connectivity index (χ0) is 12.6. The van der Waals surface area contributed by atoms with Crippen molar-refractivity contribution in [1.29, 1.82) is 5.26 Å². The molecule has 16 heavy (non-hydrogen) atoms. The zero-order valence-corrected chi connectivity index (χ0v) is 9.63. The van der Waals surface area contributed by atoms with Crippen LogP contribution in [0, 0.1) is 11.3 Å². The molecule has 8 heteroatoms. The molecule has 0 aromatic carbocycles. The third kappa shape index (κ3) is 7.75. The van der Waals surface area contributed by atoms with Crippen LogP contribution in [0.2, 0.25) is 0 Å². The van der Waals surface area contributed by atoms with E-state index in [1.807, 2.05) is 0 Å². The van der Waals surface area contributed by atoms with Gasteiger partial charge in [-0.3, -0.25) is 9.59 Å². The molecule has 0 aliphatic carbocycles. The number of carbonyl (C=O) groups excluding carboxylic acids is 2. The van der Waals surface area contributed by atoms with Gasteiger partial charge < -0.3 is 10.6 Å². The molecule has 7 nitrogen and oxygen atoms in total. The Bertz CT molecular complexity index is 396. The van der Waals surface area contributed by atoms with E-state index in [0.29, 0.717) is 0 Å². The molecule has 0 fully saturated rings. The number of nitrogens with zero attached hydrogens (tertiary/aromatic N) is 1. The molecule has 2 amide bonds. The summed E-state index contributed by atoms with van der Waals surface area (Å²) < 4.78 is 21.4. The van der Waals surface area contributed by atoms with Gasteiger partial charge in [0.15, 0.2) is 0 Å². The molecule has 0 rings (SSSR count). The predicted molar refractivity (Wildman–Crippen MR) is 56.0 cm³/mol. The minimum absolute atomic E-state index is 0.0485. The van der Waals surface area contributed by atoms with E-state index in [1.165, 1.54) is 0 Å². The van der Waals surface area contributed by atoms with Crippen LogP contribution in [-0.2, 0) is 19.4 Å². The van der Waals surface area contributed by atoms with Crippen molar-refractivity contribution in [3.8, 4) is 6.07 Å². The van der Waals surface area contributed by atoms with Crippen molar-refractivity contribution in [2.45, 2.75) is 6.42 Å². The Hall–Kier alpha value is -1.62. The highest BCUT2D eigenvalue weighted by Crippen LogP contribution is 1.86. The Kier molecular flexibility index (Phi) is 6.10. The van der Waals surface area contributed by atoms with Gasteiger partial charge in [-0.1, -0.05) is 0 Å². The molecule has 90 valence electrons. The number of carbonyl (C=O) groups is 2. The summed E-state index contributed by atoms with van der Waals surface area (Å²) in [7, 11) is -3.05. The molecule has 0 aromatic heterocycles. The van der Waals surface area contributed by atoms with E-state index in [2.05, 4.69) is 10.6 Å². The fraction of sp³-hybridized carbons (Fsp3) is 0.625. The van der Waals surface area contributed by atoms with Gasteiger partial charge in [0.2, 0.25) is 0 Å². The van der Waals surface area contributed by atoms with E-state index in [9.17, 15) is 18.0 Å². The SMILES string of the molecule is CS(=O)(=O)CCCNC(=O)C(=O)NCC#N. The van der Waals surface area contributed by atoms with E-state index in [1.54, 1.807) is 6.07 Å². The van der Waals surface area contributed by atoms with E-state index in [0.717, 1.165) is 6.26 Å². The Balaban J connectivity index is 3.74. The Morgan fingerprint density at radius 2 is 1.81 bits per heavy atom. The molecule has 0 aliphatic heterocycles. The molecule has 0 aliphatic rings. The van der Waals surface area contributed by atoms with Crippen LogP contribution >= 0.6 is 0 Å². The number of amides is 2. The zero-order valence-electron chi connectivity index (χ0n) is 8.82. The van der Waals surface area contributed by atoms with Crippen LogP contribution in [0.15, 0.2) is 0 Å². The molecule has 0 saturated carbocycles. The molecule has 2 N–H and O–H groups in total. The number of nitrogens with one attached hydrogen (secondary N) is 2. The molecule has 0 saturated heterocycles. The fourth-order valence-corrected chi connectivity index (χ4v) is 1.49. The van der Waals surface area contributed by atoms with Crippen molar-refractivity contribution in [2.24, 2.45) is 0 Å². The Morgan fingerprint density at radius 3 is 2.31 bits per heavy atom. The van der Waals surface area contributed by atoms with Crippen molar-refractivity contribution in [3.63, 3.8) is 0 Å². The van der Waals surface area contributed by atoms with Crippen molar-refractivity contribution >= 4 is 21.7 Å². The highest BCUT2D eigenvalue weighted by atomic mass is 32.2. The smallest absolute Gasteiger partial charge is 0.310 e. The lowest BCUT2D eigenvalue weighted by molar-refractivity contribution is -0.139. The van der Waals surface area contributed by atoms with E-state index in [-0.39, 0.29) is 25.3 Å². The van der Waals surface area contributed by atoms with Gasteiger partial charge in [0.25, 0.3) is 0 Å². The molecule has 0 radical (unpaired) electrons. The molecule has 0 bridgehead atoms. The van der Waals surface area contributed by atoms with E-state index < -0.39 is 21.7 Å². The summed E-state index contributed by atoms with van der Waals surface area (Å²) in [4.78, 5) is 21.9. The first-order chi connectivity index (χ1) is 7.37. The summed E-state index contributed by atoms with van der Waals surface area (Å²) in [5.41, 5.74) is 0. The van der Waals surface area contributed by atoms with Crippen LogP contribution in [0.3, 0.4) is 0 Å². The average molecular weight is 247 g/mol. The second kappa shape index (κ2) is 6.79. The average Bonchev–Trinajstić information content (AvgIpc) is 2.19. The van der Waals surface area contributed by atoms with Crippen LogP contribution in [0.25, 0.3) is 0 Å². The standard InChI is InChI=1S/C8H13N3O4S/c1-16(14,15)6-2-4-10-7(12)8(13)11-5-3-9/h2,4-6H2,1H3,(H,10,12)(H,11,13). The Morgan fingerprint density at radius 1 is 1.25 bits per heavy atom. The van der Waals surface area contributed by atoms with Crippen LogP contribution in [0.5, 0.6) is 0 Å². The topological polar surface area (TPSA) is 116 Å². The number of hydrogen-bond acceptors (Lipinski definition) is 5. The first kappa shape index (κ1) is 14.4. The van der Waals surface area contributed by atoms with Gasteiger partial charge in [-0.05, 0) is 6.42 Å². The summed E-state index contributed by atoms with van der Waals surface area (Å²) in [6.07, 6.45) is 1.34. The van der Waals surface area contributed by atoms with E-state index >= 15 is 0 Å². The number of sulfone groups is 1. The summed E-state index contributed by atoms with van der Waals surface area (Å²) in [6, 6.07) is 1.65. The van der Waals surface area contributed by atoms with Crippen LogP contribution in [0.1, 0.15) is 6.42 Å². The van der Waals surface area contributed by atoms with Gasteiger partial charge in [0.1, 0.15) is 16.4 Å². The summed E-state index contributed by atoms with van der Waals surface area (Å²) >= 11 is 0. The fourth-order valence-electron chi connectivity index (χ4n) is 0.817. The second-order valence-corrected chi connectivity index (χ2v) is 5.34. The highest BCUT2D eigenvalue weighted by Gasteiger charge is 2.11. The lowest BCUT2D eigenvalue weighted by Crippen LogP contribution is -2.40. The van der Waals surface area contributed by atoms with Gasteiger partial charge in [-0.2, -0.15) is 5.26 Å². The minimum atomic E-state index is -3.05. The van der Waals surface area contributed by atoms with Gasteiger partial charge in [0, 0.05) is 12.8 Å². The largest absolute Gasteiger partial charge is 0.348 e. The number of rotatable bonds is 5. The molecule has 0 spiro atoms. The minimum Gasteiger partial charge on any atom is -0.348 e. The van der Waals surface area contributed by atoms with Gasteiger partial charge >= 0.3 is 11.8 Å². The maximum atomic E-state index is 11.0. The number of hydrogen-bond donors (Lipinski definition) is 2. The van der Waals surface area contributed by atoms with E-state index in [4.69, 9.17) is 5.26 Å². The van der Waals surface area contributed by atoms with Crippen LogP contribution in [-0.4, -0.2) is 45.3 Å². The monoisotopic (exact) mass is 247 g/mol. The Labute approximate surface area is 93.7 Å². The van der Waals surface area contributed by atoms with Crippen LogP contribution in [0.4, 0.5) is 0 Å². The van der Waals surface area contributed by atoms with Gasteiger partial charge in [-0.25, -0.2) is 8.42 Å². The normalized spacial score (nSPS) is 10.2. The quantitative estimate of drug-likeness (QED) is 0.337. The van der Waals surface area contributed by atoms with Gasteiger partial charge in [-0.15, -0.1) is 0 Å².